The van der Waals surface area contributed by atoms with Gasteiger partial charge in [-0.2, -0.15) is 0 Å². The fourth-order valence-corrected chi connectivity index (χ4v) is 3.79. The number of carbonyl (C=O) groups excluding carboxylic acids is 1. The smallest absolute Gasteiger partial charge is 0.229 e. The van der Waals surface area contributed by atoms with Gasteiger partial charge in [-0.15, -0.1) is 20.4 Å². The summed E-state index contributed by atoms with van der Waals surface area (Å²) in [6.07, 6.45) is 1.48. The molecule has 1 saturated heterocycles. The van der Waals surface area contributed by atoms with Crippen molar-refractivity contribution in [3.8, 4) is 11.3 Å². The lowest BCUT2D eigenvalue weighted by Gasteiger charge is -2.31. The van der Waals surface area contributed by atoms with Crippen LogP contribution in [0.4, 0.5) is 15.3 Å². The summed E-state index contributed by atoms with van der Waals surface area (Å²) in [4.78, 5) is 14.5. The van der Waals surface area contributed by atoms with E-state index in [1.54, 1.807) is 12.1 Å². The molecule has 1 fully saturated rings. The molecule has 3 heterocycles. The fourth-order valence-electron chi connectivity index (χ4n) is 3.19. The van der Waals surface area contributed by atoms with E-state index >= 15 is 0 Å². The molecule has 1 amide bonds. The van der Waals surface area contributed by atoms with Crippen molar-refractivity contribution in [1.29, 1.82) is 0 Å². The number of halogens is 1. The van der Waals surface area contributed by atoms with Crippen LogP contribution >= 0.6 is 11.3 Å². The minimum atomic E-state index is -0.276. The average Bonchev–Trinajstić information content (AvgIpc) is 3.13. The van der Waals surface area contributed by atoms with Gasteiger partial charge in [-0.05, 0) is 56.2 Å². The summed E-state index contributed by atoms with van der Waals surface area (Å²) in [7, 11) is 0. The van der Waals surface area contributed by atoms with Crippen molar-refractivity contribution in [3.05, 3.63) is 47.2 Å². The summed E-state index contributed by atoms with van der Waals surface area (Å²) in [6, 6.07) is 9.97. The Hall–Kier alpha value is -2.94. The van der Waals surface area contributed by atoms with Crippen LogP contribution in [0.5, 0.6) is 0 Å². The quantitative estimate of drug-likeness (QED) is 0.726. The van der Waals surface area contributed by atoms with Crippen LogP contribution in [0.1, 0.15) is 17.8 Å². The Balaban J connectivity index is 1.34. The number of aryl methyl sites for hydroxylation is 1. The highest BCUT2D eigenvalue weighted by Gasteiger charge is 2.26. The molecule has 0 saturated carbocycles. The number of nitrogens with zero attached hydrogens (tertiary/aromatic N) is 5. The maximum atomic E-state index is 13.0. The molecular formula is C19H19FN6OS. The summed E-state index contributed by atoms with van der Waals surface area (Å²) in [5.74, 6) is 0.450. The van der Waals surface area contributed by atoms with Gasteiger partial charge in [0.25, 0.3) is 0 Å². The van der Waals surface area contributed by atoms with Crippen LogP contribution in [-0.4, -0.2) is 39.4 Å². The Labute approximate surface area is 165 Å². The third kappa shape index (κ3) is 4.14. The second-order valence-electron chi connectivity index (χ2n) is 6.66. The van der Waals surface area contributed by atoms with Crippen LogP contribution in [0.2, 0.25) is 0 Å². The zero-order valence-corrected chi connectivity index (χ0v) is 16.1. The normalized spacial score (nSPS) is 14.9. The zero-order valence-electron chi connectivity index (χ0n) is 15.3. The number of piperidine rings is 1. The van der Waals surface area contributed by atoms with Crippen molar-refractivity contribution < 1.29 is 9.18 Å². The van der Waals surface area contributed by atoms with E-state index in [0.717, 1.165) is 42.3 Å². The Bertz CT molecular complexity index is 951. The summed E-state index contributed by atoms with van der Waals surface area (Å²) in [5, 5.41) is 20.6. The number of rotatable bonds is 4. The number of benzene rings is 1. The lowest BCUT2D eigenvalue weighted by Crippen LogP contribution is -2.38. The number of anilines is 2. The highest BCUT2D eigenvalue weighted by Crippen LogP contribution is 2.25. The number of carbonyl (C=O) groups is 1. The van der Waals surface area contributed by atoms with Crippen molar-refractivity contribution in [2.45, 2.75) is 19.8 Å². The van der Waals surface area contributed by atoms with Crippen molar-refractivity contribution in [2.24, 2.45) is 5.92 Å². The Morgan fingerprint density at radius 3 is 2.43 bits per heavy atom. The molecule has 9 heteroatoms. The van der Waals surface area contributed by atoms with Gasteiger partial charge >= 0.3 is 0 Å². The first-order valence-electron chi connectivity index (χ1n) is 9.04. The van der Waals surface area contributed by atoms with Gasteiger partial charge in [0, 0.05) is 24.6 Å². The van der Waals surface area contributed by atoms with E-state index < -0.39 is 0 Å². The molecular weight excluding hydrogens is 379 g/mol. The third-order valence-electron chi connectivity index (χ3n) is 4.74. The highest BCUT2D eigenvalue weighted by molar-refractivity contribution is 7.15. The van der Waals surface area contributed by atoms with Crippen molar-refractivity contribution in [1.82, 2.24) is 20.4 Å². The molecule has 0 bridgehead atoms. The van der Waals surface area contributed by atoms with E-state index in [9.17, 15) is 9.18 Å². The SMILES string of the molecule is Cc1nnc(NC(=O)C2CCN(c3ccc(-c4ccc(F)cc4)nn3)CC2)s1. The number of hydrogen-bond donors (Lipinski definition) is 1. The van der Waals surface area contributed by atoms with Crippen molar-refractivity contribution in [2.75, 3.05) is 23.3 Å². The first-order chi connectivity index (χ1) is 13.6. The minimum absolute atomic E-state index is 0.00598. The van der Waals surface area contributed by atoms with E-state index in [0.29, 0.717) is 10.8 Å². The van der Waals surface area contributed by atoms with E-state index in [4.69, 9.17) is 0 Å². The van der Waals surface area contributed by atoms with Crippen LogP contribution in [-0.2, 0) is 4.79 Å². The Morgan fingerprint density at radius 2 is 1.82 bits per heavy atom. The van der Waals surface area contributed by atoms with Crippen LogP contribution in [0.15, 0.2) is 36.4 Å². The number of hydrogen-bond acceptors (Lipinski definition) is 7. The summed E-state index contributed by atoms with van der Waals surface area (Å²) in [5.41, 5.74) is 1.52. The first-order valence-corrected chi connectivity index (χ1v) is 9.86. The number of aromatic nitrogens is 4. The molecule has 144 valence electrons. The molecule has 0 unspecified atom stereocenters. The maximum Gasteiger partial charge on any atom is 0.229 e. The first kappa shape index (κ1) is 18.4. The van der Waals surface area contributed by atoms with Crippen molar-refractivity contribution in [3.63, 3.8) is 0 Å². The van der Waals surface area contributed by atoms with E-state index in [1.807, 2.05) is 19.1 Å². The molecule has 0 radical (unpaired) electrons. The predicted molar refractivity (Wildman–Crippen MR) is 106 cm³/mol. The lowest BCUT2D eigenvalue weighted by atomic mass is 9.96. The van der Waals surface area contributed by atoms with E-state index in [-0.39, 0.29) is 17.6 Å². The van der Waals surface area contributed by atoms with Gasteiger partial charge in [0.1, 0.15) is 10.8 Å². The van der Waals surface area contributed by atoms with Gasteiger partial charge in [0.05, 0.1) is 5.69 Å². The van der Waals surface area contributed by atoms with Gasteiger partial charge in [-0.3, -0.25) is 4.79 Å². The number of nitrogens with one attached hydrogen (secondary N) is 1. The minimum Gasteiger partial charge on any atom is -0.355 e. The molecule has 1 aromatic carbocycles. The molecule has 1 aliphatic rings. The second kappa shape index (κ2) is 7.97. The summed E-state index contributed by atoms with van der Waals surface area (Å²) in [6.45, 7) is 3.32. The third-order valence-corrected chi connectivity index (χ3v) is 5.49. The van der Waals surface area contributed by atoms with Crippen LogP contribution in [0, 0.1) is 18.7 Å². The maximum absolute atomic E-state index is 13.0. The standard InChI is InChI=1S/C19H19FN6OS/c1-12-22-25-19(28-12)21-18(27)14-8-10-26(11-9-14)17-7-6-16(23-24-17)13-2-4-15(20)5-3-13/h2-7,14H,8-11H2,1H3,(H,21,25,27). The molecule has 1 aliphatic heterocycles. The summed E-state index contributed by atoms with van der Waals surface area (Å²) >= 11 is 1.37. The fraction of sp³-hybridized carbons (Fsp3) is 0.316. The van der Waals surface area contributed by atoms with Crippen LogP contribution < -0.4 is 10.2 Å². The molecule has 1 N–H and O–H groups in total. The van der Waals surface area contributed by atoms with Crippen LogP contribution in [0.3, 0.4) is 0 Å². The largest absolute Gasteiger partial charge is 0.355 e. The topological polar surface area (TPSA) is 83.9 Å². The lowest BCUT2D eigenvalue weighted by molar-refractivity contribution is -0.120. The monoisotopic (exact) mass is 398 g/mol. The van der Waals surface area contributed by atoms with Gasteiger partial charge in [0.15, 0.2) is 5.82 Å². The molecule has 0 aliphatic carbocycles. The van der Waals surface area contributed by atoms with Gasteiger partial charge in [0.2, 0.25) is 11.0 Å². The summed E-state index contributed by atoms with van der Waals surface area (Å²) < 4.78 is 13.0. The Kier molecular flexibility index (Phi) is 5.25. The Morgan fingerprint density at radius 1 is 1.07 bits per heavy atom. The zero-order chi connectivity index (χ0) is 19.5. The van der Waals surface area contributed by atoms with Crippen LogP contribution in [0.25, 0.3) is 11.3 Å². The molecule has 0 spiro atoms. The molecule has 2 aromatic heterocycles. The molecule has 28 heavy (non-hydrogen) atoms. The molecule has 4 rings (SSSR count). The number of amides is 1. The van der Waals surface area contributed by atoms with Gasteiger partial charge in [-0.1, -0.05) is 11.3 Å². The highest BCUT2D eigenvalue weighted by atomic mass is 32.1. The van der Waals surface area contributed by atoms with E-state index in [1.165, 1.54) is 23.5 Å². The van der Waals surface area contributed by atoms with E-state index in [2.05, 4.69) is 30.6 Å². The molecule has 3 aromatic rings. The van der Waals surface area contributed by atoms with Gasteiger partial charge < -0.3 is 10.2 Å². The molecule has 0 atom stereocenters. The van der Waals surface area contributed by atoms with Gasteiger partial charge in [-0.25, -0.2) is 4.39 Å². The average molecular weight is 398 g/mol. The molecule has 7 nitrogen and oxygen atoms in total. The predicted octanol–water partition coefficient (Wildman–Crippen LogP) is 3.30. The van der Waals surface area contributed by atoms with Crippen molar-refractivity contribution >= 4 is 28.2 Å². The second-order valence-corrected chi connectivity index (χ2v) is 7.84.